The Morgan fingerprint density at radius 1 is 0.339 bits per heavy atom. The van der Waals surface area contributed by atoms with Crippen LogP contribution < -0.4 is 0 Å². The zero-order valence-corrected chi connectivity index (χ0v) is 29.8. The highest BCUT2D eigenvalue weighted by Gasteiger charge is 2.22. The third-order valence-electron chi connectivity index (χ3n) is 10.9. The number of hydrogen-bond acceptors (Lipinski definition) is 6. The molecule has 0 fully saturated rings. The molecule has 8 aromatic carbocycles. The molecule has 0 amide bonds. The molecular weight excluding hydrogens is 689 g/mol. The third kappa shape index (κ3) is 4.63. The maximum absolute atomic E-state index is 6.49. The van der Waals surface area contributed by atoms with E-state index in [1.165, 1.54) is 10.8 Å². The van der Waals surface area contributed by atoms with Gasteiger partial charge in [-0.2, -0.15) is 0 Å². The second kappa shape index (κ2) is 11.9. The summed E-state index contributed by atoms with van der Waals surface area (Å²) in [6, 6.07) is 58.1. The number of nitrogens with zero attached hydrogens (tertiary/aromatic N) is 4. The molecule has 260 valence electrons. The Kier molecular flexibility index (Phi) is 6.53. The molecule has 0 spiro atoms. The SMILES string of the molecule is c1ccc2c(c1)cc(-c1nc(-c3ccc(-c4nc(-c5cccc6c5oc5ccccc56)c5oc6ccccc6c5n4)cc3)c3ccccc3n1)c1ccccc12. The Morgan fingerprint density at radius 2 is 0.946 bits per heavy atom. The zero-order valence-electron chi connectivity index (χ0n) is 29.8. The normalized spacial score (nSPS) is 11.9. The van der Waals surface area contributed by atoms with E-state index >= 15 is 0 Å². The zero-order chi connectivity index (χ0) is 36.7. The van der Waals surface area contributed by atoms with Crippen LogP contribution in [0.1, 0.15) is 0 Å². The summed E-state index contributed by atoms with van der Waals surface area (Å²) >= 11 is 0. The predicted octanol–water partition coefficient (Wildman–Crippen LogP) is 13.2. The Hall–Kier alpha value is -7.70. The van der Waals surface area contributed by atoms with Crippen molar-refractivity contribution in [1.29, 1.82) is 0 Å². The number of benzene rings is 8. The molecule has 0 aliphatic carbocycles. The van der Waals surface area contributed by atoms with E-state index in [2.05, 4.69) is 103 Å². The van der Waals surface area contributed by atoms with Gasteiger partial charge in [0.25, 0.3) is 0 Å². The van der Waals surface area contributed by atoms with Crippen LogP contribution in [0.2, 0.25) is 0 Å². The van der Waals surface area contributed by atoms with E-state index in [-0.39, 0.29) is 0 Å². The fourth-order valence-corrected chi connectivity index (χ4v) is 8.27. The van der Waals surface area contributed by atoms with E-state index < -0.39 is 0 Å². The predicted molar refractivity (Wildman–Crippen MR) is 226 cm³/mol. The van der Waals surface area contributed by atoms with E-state index in [9.17, 15) is 0 Å². The van der Waals surface area contributed by atoms with Gasteiger partial charge in [-0.25, -0.2) is 19.9 Å². The number of para-hydroxylation sites is 4. The van der Waals surface area contributed by atoms with Gasteiger partial charge in [-0.05, 0) is 57.9 Å². The first-order valence-corrected chi connectivity index (χ1v) is 18.6. The van der Waals surface area contributed by atoms with E-state index in [4.69, 9.17) is 28.8 Å². The molecule has 0 aliphatic rings. The summed E-state index contributed by atoms with van der Waals surface area (Å²) in [6.45, 7) is 0. The standard InChI is InChI=1S/C50H28N4O2/c1-2-13-32-31(12-1)28-40(34-15-4-3-14-33(32)34)50-51-41-21-8-5-17-37(41)44(52-50)29-24-26-30(27-25-29)49-53-45-38-18-7-10-23-43(38)56-48(45)46(54-49)39-20-11-19-36-35-16-6-9-22-42(35)55-47(36)39/h1-28H. The number of fused-ring (bicyclic) bond motifs is 10. The van der Waals surface area contributed by atoms with Crippen molar-refractivity contribution < 1.29 is 8.83 Å². The molecule has 0 saturated carbocycles. The molecule has 0 unspecified atom stereocenters. The van der Waals surface area contributed by atoms with Crippen molar-refractivity contribution in [2.45, 2.75) is 0 Å². The van der Waals surface area contributed by atoms with Crippen LogP contribution in [0.3, 0.4) is 0 Å². The average molecular weight is 717 g/mol. The van der Waals surface area contributed by atoms with Gasteiger partial charge in [0.2, 0.25) is 0 Å². The molecule has 4 aromatic heterocycles. The van der Waals surface area contributed by atoms with Crippen LogP contribution in [-0.4, -0.2) is 19.9 Å². The quantitative estimate of drug-likeness (QED) is 0.169. The summed E-state index contributed by atoms with van der Waals surface area (Å²) < 4.78 is 13.0. The molecule has 4 heterocycles. The van der Waals surface area contributed by atoms with Crippen LogP contribution >= 0.6 is 0 Å². The monoisotopic (exact) mass is 716 g/mol. The largest absolute Gasteiger partial charge is 0.455 e. The van der Waals surface area contributed by atoms with Crippen molar-refractivity contribution in [3.05, 3.63) is 170 Å². The number of aromatic nitrogens is 4. The summed E-state index contributed by atoms with van der Waals surface area (Å²) in [5.41, 5.74) is 9.87. The van der Waals surface area contributed by atoms with Gasteiger partial charge in [-0.1, -0.05) is 133 Å². The minimum atomic E-state index is 0.592. The molecule has 56 heavy (non-hydrogen) atoms. The molecule has 12 rings (SSSR count). The number of furan rings is 2. The minimum absolute atomic E-state index is 0.592. The highest BCUT2D eigenvalue weighted by molar-refractivity contribution is 6.15. The van der Waals surface area contributed by atoms with E-state index in [0.717, 1.165) is 88.0 Å². The smallest absolute Gasteiger partial charge is 0.180 e. The Labute approximate surface area is 319 Å². The van der Waals surface area contributed by atoms with Gasteiger partial charge in [-0.15, -0.1) is 0 Å². The van der Waals surface area contributed by atoms with Crippen molar-refractivity contribution in [3.63, 3.8) is 0 Å². The first-order valence-electron chi connectivity index (χ1n) is 18.6. The molecular formula is C50H28N4O2. The van der Waals surface area contributed by atoms with Crippen LogP contribution in [-0.2, 0) is 0 Å². The maximum Gasteiger partial charge on any atom is 0.180 e. The van der Waals surface area contributed by atoms with Crippen molar-refractivity contribution in [2.75, 3.05) is 0 Å². The molecule has 0 radical (unpaired) electrons. The molecule has 6 heteroatoms. The van der Waals surface area contributed by atoms with Gasteiger partial charge in [0, 0.05) is 43.8 Å². The van der Waals surface area contributed by atoms with E-state index in [1.807, 2.05) is 66.7 Å². The Balaban J connectivity index is 1.03. The molecule has 0 aliphatic heterocycles. The molecule has 0 N–H and O–H groups in total. The van der Waals surface area contributed by atoms with Crippen molar-refractivity contribution in [2.24, 2.45) is 0 Å². The lowest BCUT2D eigenvalue weighted by molar-refractivity contribution is 0.663. The molecule has 0 saturated heterocycles. The van der Waals surface area contributed by atoms with Crippen LogP contribution in [0.4, 0.5) is 0 Å². The third-order valence-corrected chi connectivity index (χ3v) is 10.9. The topological polar surface area (TPSA) is 77.8 Å². The van der Waals surface area contributed by atoms with Gasteiger partial charge in [0.1, 0.15) is 28.0 Å². The fourth-order valence-electron chi connectivity index (χ4n) is 8.27. The summed E-state index contributed by atoms with van der Waals surface area (Å²) in [4.78, 5) is 20.8. The summed E-state index contributed by atoms with van der Waals surface area (Å²) in [5, 5.41) is 8.67. The van der Waals surface area contributed by atoms with Crippen LogP contribution in [0.5, 0.6) is 0 Å². The average Bonchev–Trinajstić information content (AvgIpc) is 3.84. The van der Waals surface area contributed by atoms with Gasteiger partial charge in [-0.3, -0.25) is 0 Å². The first-order chi connectivity index (χ1) is 27.7. The van der Waals surface area contributed by atoms with Crippen LogP contribution in [0, 0.1) is 0 Å². The Bertz CT molecular complexity index is 3550. The summed E-state index contributed by atoms with van der Waals surface area (Å²) in [5.74, 6) is 1.28. The van der Waals surface area contributed by atoms with Crippen molar-refractivity contribution in [1.82, 2.24) is 19.9 Å². The molecule has 0 atom stereocenters. The molecule has 12 aromatic rings. The Morgan fingerprint density at radius 3 is 1.79 bits per heavy atom. The lowest BCUT2D eigenvalue weighted by Crippen LogP contribution is -1.97. The second-order valence-electron chi connectivity index (χ2n) is 14.1. The number of rotatable bonds is 4. The molecule has 0 bridgehead atoms. The highest BCUT2D eigenvalue weighted by Crippen LogP contribution is 2.41. The van der Waals surface area contributed by atoms with Gasteiger partial charge >= 0.3 is 0 Å². The minimum Gasteiger partial charge on any atom is -0.455 e. The lowest BCUT2D eigenvalue weighted by atomic mass is 9.96. The van der Waals surface area contributed by atoms with Gasteiger partial charge in [0.05, 0.1) is 11.2 Å². The van der Waals surface area contributed by atoms with Crippen molar-refractivity contribution >= 4 is 76.5 Å². The van der Waals surface area contributed by atoms with Crippen LogP contribution in [0.15, 0.2) is 179 Å². The highest BCUT2D eigenvalue weighted by atomic mass is 16.3. The van der Waals surface area contributed by atoms with Crippen LogP contribution in [0.25, 0.3) is 122 Å². The first kappa shape index (κ1) is 30.7. The van der Waals surface area contributed by atoms with E-state index in [0.29, 0.717) is 22.9 Å². The lowest BCUT2D eigenvalue weighted by Gasteiger charge is -2.13. The summed E-state index contributed by atoms with van der Waals surface area (Å²) in [6.07, 6.45) is 0. The molecule has 6 nitrogen and oxygen atoms in total. The maximum atomic E-state index is 6.49. The van der Waals surface area contributed by atoms with E-state index in [1.54, 1.807) is 0 Å². The number of hydrogen-bond donors (Lipinski definition) is 0. The van der Waals surface area contributed by atoms with Gasteiger partial charge in [0.15, 0.2) is 17.2 Å². The summed E-state index contributed by atoms with van der Waals surface area (Å²) in [7, 11) is 0. The fraction of sp³-hybridized carbons (Fsp3) is 0. The van der Waals surface area contributed by atoms with Gasteiger partial charge < -0.3 is 8.83 Å². The second-order valence-corrected chi connectivity index (χ2v) is 14.1. The van der Waals surface area contributed by atoms with Crippen molar-refractivity contribution in [3.8, 4) is 45.3 Å².